The smallest absolute Gasteiger partial charge is 0.238 e. The Morgan fingerprint density at radius 3 is 1.76 bits per heavy atom. The molecule has 0 amide bonds. The van der Waals surface area contributed by atoms with Crippen molar-refractivity contribution in [3.63, 3.8) is 0 Å². The van der Waals surface area contributed by atoms with Crippen molar-refractivity contribution in [3.8, 4) is 22.9 Å². The third-order valence-corrected chi connectivity index (χ3v) is 9.95. The van der Waals surface area contributed by atoms with Gasteiger partial charge >= 0.3 is 0 Å². The van der Waals surface area contributed by atoms with E-state index in [1.165, 1.54) is 16.3 Å². The van der Waals surface area contributed by atoms with Crippen LogP contribution in [0.25, 0.3) is 99.3 Å². The Morgan fingerprint density at radius 1 is 0.429 bits per heavy atom. The van der Waals surface area contributed by atoms with Crippen LogP contribution in [0, 0.1) is 0 Å². The molecule has 4 aromatic heterocycles. The summed E-state index contributed by atoms with van der Waals surface area (Å²) in [5, 5.41) is 8.90. The molecule has 11 rings (SSSR count). The summed E-state index contributed by atoms with van der Waals surface area (Å²) in [6, 6.07) is 55.4. The van der Waals surface area contributed by atoms with E-state index in [0.717, 1.165) is 71.4 Å². The quantitative estimate of drug-likeness (QED) is 0.196. The van der Waals surface area contributed by atoms with Crippen molar-refractivity contribution in [2.24, 2.45) is 0 Å². The van der Waals surface area contributed by atoms with Crippen molar-refractivity contribution in [1.29, 1.82) is 0 Å². The highest BCUT2D eigenvalue weighted by molar-refractivity contribution is 6.22. The van der Waals surface area contributed by atoms with E-state index >= 15 is 0 Å². The van der Waals surface area contributed by atoms with E-state index in [1.807, 2.05) is 0 Å². The molecular formula is C44H26N4O. The first-order valence-electron chi connectivity index (χ1n) is 16.5. The van der Waals surface area contributed by atoms with E-state index in [0.29, 0.717) is 11.7 Å². The van der Waals surface area contributed by atoms with Gasteiger partial charge in [0.25, 0.3) is 0 Å². The van der Waals surface area contributed by atoms with Gasteiger partial charge in [-0.15, -0.1) is 0 Å². The second-order valence-corrected chi connectivity index (χ2v) is 12.6. The molecule has 0 bridgehead atoms. The molecule has 0 saturated carbocycles. The summed E-state index contributed by atoms with van der Waals surface area (Å²) in [4.78, 5) is 10.7. The topological polar surface area (TPSA) is 48.8 Å². The lowest BCUT2D eigenvalue weighted by atomic mass is 10.0. The standard InChI is InChI=1S/C44H26N4O/c1-2-13-29(14-3-1)47-35-19-9-8-18-33(35)34-26-28(22-24-38(34)47)42-41-40-30-15-5-4-12-27(30)23-25-39(40)49-43(41)46-44(45-42)48-36-20-10-6-16-31(36)32-17-7-11-21-37(32)48/h1-26H. The van der Waals surface area contributed by atoms with Crippen LogP contribution in [0.3, 0.4) is 0 Å². The van der Waals surface area contributed by atoms with Gasteiger partial charge in [0, 0.05) is 38.2 Å². The largest absolute Gasteiger partial charge is 0.437 e. The maximum Gasteiger partial charge on any atom is 0.238 e. The Morgan fingerprint density at radius 2 is 1.02 bits per heavy atom. The van der Waals surface area contributed by atoms with E-state index in [-0.39, 0.29) is 0 Å². The van der Waals surface area contributed by atoms with Crippen LogP contribution in [0.5, 0.6) is 0 Å². The minimum atomic E-state index is 0.569. The summed E-state index contributed by atoms with van der Waals surface area (Å²) < 4.78 is 11.1. The summed E-state index contributed by atoms with van der Waals surface area (Å²) in [5.74, 6) is 0.579. The number of nitrogens with zero attached hydrogens (tertiary/aromatic N) is 4. The normalized spacial score (nSPS) is 12.1. The van der Waals surface area contributed by atoms with Crippen molar-refractivity contribution < 1.29 is 4.42 Å². The molecule has 49 heavy (non-hydrogen) atoms. The number of para-hydroxylation sites is 4. The van der Waals surface area contributed by atoms with Crippen LogP contribution in [-0.2, 0) is 0 Å². The average molecular weight is 627 g/mol. The van der Waals surface area contributed by atoms with Gasteiger partial charge in [0.2, 0.25) is 11.7 Å². The zero-order valence-corrected chi connectivity index (χ0v) is 26.2. The third kappa shape index (κ3) is 3.70. The lowest BCUT2D eigenvalue weighted by Crippen LogP contribution is -2.02. The van der Waals surface area contributed by atoms with E-state index < -0.39 is 0 Å². The van der Waals surface area contributed by atoms with Crippen LogP contribution in [0.4, 0.5) is 0 Å². The monoisotopic (exact) mass is 626 g/mol. The van der Waals surface area contributed by atoms with Gasteiger partial charge in [0.05, 0.1) is 33.1 Å². The highest BCUT2D eigenvalue weighted by atomic mass is 16.3. The lowest BCUT2D eigenvalue weighted by Gasteiger charge is -2.11. The fraction of sp³-hybridized carbons (Fsp3) is 0. The highest BCUT2D eigenvalue weighted by Gasteiger charge is 2.23. The molecule has 0 N–H and O–H groups in total. The molecule has 0 spiro atoms. The van der Waals surface area contributed by atoms with Gasteiger partial charge in [0.15, 0.2) is 0 Å². The highest BCUT2D eigenvalue weighted by Crippen LogP contribution is 2.42. The fourth-order valence-electron chi connectivity index (χ4n) is 7.85. The Labute approximate surface area is 279 Å². The summed E-state index contributed by atoms with van der Waals surface area (Å²) in [6.45, 7) is 0. The van der Waals surface area contributed by atoms with Crippen molar-refractivity contribution >= 4 is 76.5 Å². The number of benzene rings is 7. The van der Waals surface area contributed by atoms with Crippen LogP contribution in [0.15, 0.2) is 162 Å². The van der Waals surface area contributed by atoms with Crippen LogP contribution >= 0.6 is 0 Å². The van der Waals surface area contributed by atoms with Gasteiger partial charge in [-0.1, -0.05) is 109 Å². The average Bonchev–Trinajstić information content (AvgIpc) is 3.82. The predicted molar refractivity (Wildman–Crippen MR) is 201 cm³/mol. The first-order valence-corrected chi connectivity index (χ1v) is 16.5. The molecule has 11 aromatic rings. The summed E-state index contributed by atoms with van der Waals surface area (Å²) in [5.41, 5.74) is 8.76. The van der Waals surface area contributed by atoms with Crippen molar-refractivity contribution in [1.82, 2.24) is 19.1 Å². The molecule has 0 atom stereocenters. The zero-order valence-electron chi connectivity index (χ0n) is 26.2. The second-order valence-electron chi connectivity index (χ2n) is 12.6. The minimum Gasteiger partial charge on any atom is -0.437 e. The summed E-state index contributed by atoms with van der Waals surface area (Å²) in [6.07, 6.45) is 0. The van der Waals surface area contributed by atoms with Crippen molar-refractivity contribution in [2.75, 3.05) is 0 Å². The molecule has 5 nitrogen and oxygen atoms in total. The minimum absolute atomic E-state index is 0.569. The lowest BCUT2D eigenvalue weighted by molar-refractivity contribution is 0.651. The molecule has 0 aliphatic carbocycles. The Hall–Kier alpha value is -6.72. The van der Waals surface area contributed by atoms with E-state index in [1.54, 1.807) is 0 Å². The van der Waals surface area contributed by atoms with Crippen molar-refractivity contribution in [3.05, 3.63) is 158 Å². The number of furan rings is 1. The second kappa shape index (κ2) is 9.89. The Balaban J connectivity index is 1.28. The van der Waals surface area contributed by atoms with Gasteiger partial charge in [-0.2, -0.15) is 4.98 Å². The van der Waals surface area contributed by atoms with Gasteiger partial charge in [-0.05, 0) is 59.3 Å². The molecule has 0 unspecified atom stereocenters. The van der Waals surface area contributed by atoms with E-state index in [2.05, 4.69) is 167 Å². The van der Waals surface area contributed by atoms with E-state index in [4.69, 9.17) is 14.4 Å². The summed E-state index contributed by atoms with van der Waals surface area (Å²) >= 11 is 0. The molecular weight excluding hydrogens is 601 g/mol. The fourth-order valence-corrected chi connectivity index (χ4v) is 7.85. The van der Waals surface area contributed by atoms with Gasteiger partial charge in [-0.25, -0.2) is 4.98 Å². The van der Waals surface area contributed by atoms with Crippen LogP contribution in [-0.4, -0.2) is 19.1 Å². The molecule has 228 valence electrons. The summed E-state index contributed by atoms with van der Waals surface area (Å²) in [7, 11) is 0. The van der Waals surface area contributed by atoms with Crippen LogP contribution < -0.4 is 0 Å². The molecule has 0 saturated heterocycles. The van der Waals surface area contributed by atoms with Crippen molar-refractivity contribution in [2.45, 2.75) is 0 Å². The first-order chi connectivity index (χ1) is 24.3. The van der Waals surface area contributed by atoms with E-state index in [9.17, 15) is 0 Å². The van der Waals surface area contributed by atoms with Gasteiger partial charge in [0.1, 0.15) is 5.58 Å². The number of aromatic nitrogens is 4. The third-order valence-electron chi connectivity index (χ3n) is 9.95. The molecule has 0 fully saturated rings. The Kier molecular flexibility index (Phi) is 5.32. The van der Waals surface area contributed by atoms with Gasteiger partial charge < -0.3 is 8.98 Å². The number of hydrogen-bond acceptors (Lipinski definition) is 3. The maximum atomic E-state index is 6.64. The molecule has 7 aromatic carbocycles. The molecule has 4 heterocycles. The number of rotatable bonds is 3. The van der Waals surface area contributed by atoms with Crippen LogP contribution in [0.1, 0.15) is 0 Å². The molecule has 5 heteroatoms. The molecule has 0 aliphatic heterocycles. The maximum absolute atomic E-state index is 6.64. The van der Waals surface area contributed by atoms with Crippen LogP contribution in [0.2, 0.25) is 0 Å². The SMILES string of the molecule is c1ccc(-n2c3ccccc3c3cc(-c4nc(-n5c6ccccc6c6ccccc65)nc5oc6ccc7ccccc7c6c45)ccc32)cc1. The van der Waals surface area contributed by atoms with Gasteiger partial charge in [-0.3, -0.25) is 4.57 Å². The molecule has 0 radical (unpaired) electrons. The Bertz CT molecular complexity index is 3060. The predicted octanol–water partition coefficient (Wildman–Crippen LogP) is 11.4. The zero-order chi connectivity index (χ0) is 32.1. The first kappa shape index (κ1) is 26.4. The molecule has 0 aliphatic rings. The number of fused-ring (bicyclic) bond motifs is 11. The number of hydrogen-bond donors (Lipinski definition) is 0.